The van der Waals surface area contributed by atoms with Gasteiger partial charge < -0.3 is 10.6 Å². The van der Waals surface area contributed by atoms with E-state index in [1.807, 2.05) is 0 Å². The topological polar surface area (TPSA) is 58.2 Å². The molecule has 20 heavy (non-hydrogen) atoms. The maximum absolute atomic E-state index is 11.8. The molecular weight excluding hydrogens is 299 g/mol. The molecule has 2 N–H and O–H groups in total. The first kappa shape index (κ1) is 15.1. The summed E-state index contributed by atoms with van der Waals surface area (Å²) in [7, 11) is 0. The van der Waals surface area contributed by atoms with Gasteiger partial charge in [-0.2, -0.15) is 0 Å². The van der Waals surface area contributed by atoms with Gasteiger partial charge in [-0.1, -0.05) is 42.5 Å². The number of halogens is 2. The highest BCUT2D eigenvalue weighted by atomic mass is 35.5. The van der Waals surface area contributed by atoms with E-state index in [0.29, 0.717) is 15.7 Å². The Labute approximate surface area is 127 Å². The van der Waals surface area contributed by atoms with Crippen molar-refractivity contribution in [3.05, 3.63) is 28.2 Å². The highest BCUT2D eigenvalue weighted by Gasteiger charge is 2.20. The van der Waals surface area contributed by atoms with E-state index in [0.717, 1.165) is 25.7 Å². The van der Waals surface area contributed by atoms with Gasteiger partial charge in [-0.25, -0.2) is 0 Å². The molecule has 1 aromatic carbocycles. The number of hydrogen-bond acceptors (Lipinski definition) is 2. The van der Waals surface area contributed by atoms with Crippen LogP contribution in [0.4, 0.5) is 5.69 Å². The van der Waals surface area contributed by atoms with Crippen molar-refractivity contribution in [2.24, 2.45) is 0 Å². The van der Waals surface area contributed by atoms with Crippen molar-refractivity contribution in [3.8, 4) is 0 Å². The zero-order valence-electron chi connectivity index (χ0n) is 10.9. The van der Waals surface area contributed by atoms with E-state index < -0.39 is 11.8 Å². The molecule has 0 heterocycles. The molecule has 0 aromatic heterocycles. The highest BCUT2D eigenvalue weighted by molar-refractivity contribution is 6.40. The van der Waals surface area contributed by atoms with Crippen molar-refractivity contribution in [1.82, 2.24) is 5.32 Å². The molecule has 0 aliphatic heterocycles. The number of rotatable bonds is 2. The number of benzene rings is 1. The van der Waals surface area contributed by atoms with Crippen LogP contribution in [0.25, 0.3) is 0 Å². The molecule has 1 fully saturated rings. The monoisotopic (exact) mass is 314 g/mol. The van der Waals surface area contributed by atoms with Gasteiger partial charge in [0.15, 0.2) is 0 Å². The Kier molecular flexibility index (Phi) is 5.26. The van der Waals surface area contributed by atoms with Crippen LogP contribution in [-0.4, -0.2) is 17.9 Å². The first-order valence-electron chi connectivity index (χ1n) is 6.62. The van der Waals surface area contributed by atoms with Gasteiger partial charge in [-0.05, 0) is 31.0 Å². The third kappa shape index (κ3) is 4.39. The maximum atomic E-state index is 11.8. The standard InChI is InChI=1S/C14H16Cl2N2O2/c15-9-6-10(16)8-12(7-9)18-14(20)13(19)17-11-4-2-1-3-5-11/h6-8,11H,1-5H2,(H,17,19)(H,18,20). The fourth-order valence-corrected chi connectivity index (χ4v) is 2.84. The second kappa shape index (κ2) is 6.95. The summed E-state index contributed by atoms with van der Waals surface area (Å²) in [4.78, 5) is 23.6. The van der Waals surface area contributed by atoms with Crippen LogP contribution in [-0.2, 0) is 9.59 Å². The summed E-state index contributed by atoms with van der Waals surface area (Å²) in [5.74, 6) is -1.32. The largest absolute Gasteiger partial charge is 0.345 e. The Morgan fingerprint density at radius 3 is 2.15 bits per heavy atom. The fraction of sp³-hybridized carbons (Fsp3) is 0.429. The number of carbonyl (C=O) groups is 2. The molecule has 1 aliphatic rings. The lowest BCUT2D eigenvalue weighted by Gasteiger charge is -2.22. The predicted molar refractivity (Wildman–Crippen MR) is 80.1 cm³/mol. The lowest BCUT2D eigenvalue weighted by Crippen LogP contribution is -2.42. The smallest absolute Gasteiger partial charge is 0.313 e. The molecule has 4 nitrogen and oxygen atoms in total. The highest BCUT2D eigenvalue weighted by Crippen LogP contribution is 2.22. The molecule has 108 valence electrons. The van der Waals surface area contributed by atoms with Gasteiger partial charge in [0.25, 0.3) is 0 Å². The molecule has 2 rings (SSSR count). The Hall–Kier alpha value is -1.26. The van der Waals surface area contributed by atoms with Crippen LogP contribution < -0.4 is 10.6 Å². The lowest BCUT2D eigenvalue weighted by atomic mass is 9.95. The fourth-order valence-electron chi connectivity index (χ4n) is 2.31. The summed E-state index contributed by atoms with van der Waals surface area (Å²) in [5.41, 5.74) is 0.409. The Bertz CT molecular complexity index is 494. The van der Waals surface area contributed by atoms with Crippen LogP contribution in [0.3, 0.4) is 0 Å². The van der Waals surface area contributed by atoms with Gasteiger partial charge in [0.2, 0.25) is 0 Å². The molecular formula is C14H16Cl2N2O2. The minimum absolute atomic E-state index is 0.102. The summed E-state index contributed by atoms with van der Waals surface area (Å²) in [6.07, 6.45) is 5.25. The second-order valence-corrected chi connectivity index (χ2v) is 5.79. The number of hydrogen-bond donors (Lipinski definition) is 2. The minimum Gasteiger partial charge on any atom is -0.345 e. The molecule has 0 bridgehead atoms. The third-order valence-electron chi connectivity index (χ3n) is 3.27. The quantitative estimate of drug-likeness (QED) is 0.822. The minimum atomic E-state index is -0.700. The van der Waals surface area contributed by atoms with Crippen LogP contribution in [0.1, 0.15) is 32.1 Å². The normalized spacial score (nSPS) is 15.7. The second-order valence-electron chi connectivity index (χ2n) is 4.92. The number of amides is 2. The number of anilines is 1. The molecule has 0 spiro atoms. The van der Waals surface area contributed by atoms with E-state index in [9.17, 15) is 9.59 Å². The van der Waals surface area contributed by atoms with Crippen molar-refractivity contribution in [1.29, 1.82) is 0 Å². The molecule has 1 saturated carbocycles. The number of carbonyl (C=O) groups excluding carboxylic acids is 2. The van der Waals surface area contributed by atoms with Crippen LogP contribution in [0.2, 0.25) is 10.0 Å². The Morgan fingerprint density at radius 2 is 1.55 bits per heavy atom. The van der Waals surface area contributed by atoms with Crippen molar-refractivity contribution < 1.29 is 9.59 Å². The van der Waals surface area contributed by atoms with Crippen LogP contribution >= 0.6 is 23.2 Å². The van der Waals surface area contributed by atoms with Crippen LogP contribution in [0.5, 0.6) is 0 Å². The average Bonchev–Trinajstić information content (AvgIpc) is 2.38. The van der Waals surface area contributed by atoms with Crippen LogP contribution in [0, 0.1) is 0 Å². The average molecular weight is 315 g/mol. The SMILES string of the molecule is O=C(Nc1cc(Cl)cc(Cl)c1)C(=O)NC1CCCCC1. The van der Waals surface area contributed by atoms with Gasteiger partial charge in [0.1, 0.15) is 0 Å². The van der Waals surface area contributed by atoms with Crippen molar-refractivity contribution >= 4 is 40.7 Å². The third-order valence-corrected chi connectivity index (χ3v) is 3.70. The van der Waals surface area contributed by atoms with E-state index in [-0.39, 0.29) is 6.04 Å². The summed E-state index contributed by atoms with van der Waals surface area (Å²) >= 11 is 11.7. The van der Waals surface area contributed by atoms with Gasteiger partial charge >= 0.3 is 11.8 Å². The molecule has 0 atom stereocenters. The van der Waals surface area contributed by atoms with Crippen LogP contribution in [0.15, 0.2) is 18.2 Å². The van der Waals surface area contributed by atoms with E-state index in [1.165, 1.54) is 6.42 Å². The molecule has 0 unspecified atom stereocenters. The van der Waals surface area contributed by atoms with Crippen molar-refractivity contribution in [3.63, 3.8) is 0 Å². The summed E-state index contributed by atoms with van der Waals surface area (Å²) in [6.45, 7) is 0. The van der Waals surface area contributed by atoms with Crippen molar-refractivity contribution in [2.45, 2.75) is 38.1 Å². The van der Waals surface area contributed by atoms with E-state index in [2.05, 4.69) is 10.6 Å². The molecule has 1 aromatic rings. The van der Waals surface area contributed by atoms with E-state index in [1.54, 1.807) is 18.2 Å². The number of nitrogens with one attached hydrogen (secondary N) is 2. The Morgan fingerprint density at radius 1 is 0.950 bits per heavy atom. The zero-order valence-corrected chi connectivity index (χ0v) is 12.4. The van der Waals surface area contributed by atoms with Gasteiger partial charge in [-0.15, -0.1) is 0 Å². The summed E-state index contributed by atoms with van der Waals surface area (Å²) in [5, 5.41) is 6.05. The first-order valence-corrected chi connectivity index (χ1v) is 7.38. The zero-order chi connectivity index (χ0) is 14.5. The van der Waals surface area contributed by atoms with E-state index >= 15 is 0 Å². The molecule has 1 aliphatic carbocycles. The van der Waals surface area contributed by atoms with E-state index in [4.69, 9.17) is 23.2 Å². The summed E-state index contributed by atoms with van der Waals surface area (Å²) in [6, 6.07) is 4.74. The molecule has 0 saturated heterocycles. The van der Waals surface area contributed by atoms with Gasteiger partial charge in [-0.3, -0.25) is 9.59 Å². The summed E-state index contributed by atoms with van der Waals surface area (Å²) < 4.78 is 0. The molecule has 6 heteroatoms. The maximum Gasteiger partial charge on any atom is 0.313 e. The van der Waals surface area contributed by atoms with Gasteiger partial charge in [0.05, 0.1) is 0 Å². The first-order chi connectivity index (χ1) is 9.54. The predicted octanol–water partition coefficient (Wildman–Crippen LogP) is 3.38. The lowest BCUT2D eigenvalue weighted by molar-refractivity contribution is -0.136. The Balaban J connectivity index is 1.91. The molecule has 2 amide bonds. The van der Waals surface area contributed by atoms with Gasteiger partial charge in [0, 0.05) is 21.8 Å². The molecule has 0 radical (unpaired) electrons. The van der Waals surface area contributed by atoms with Crippen molar-refractivity contribution in [2.75, 3.05) is 5.32 Å².